The molecular formula is C6H13NO. The van der Waals surface area contributed by atoms with E-state index in [1.165, 1.54) is 0 Å². The molecule has 0 aromatic heterocycles. The number of hydrogen-bond donors (Lipinski definition) is 1. The average Bonchev–Trinajstić information content (AvgIpc) is 2.14. The molecule has 0 aromatic carbocycles. The van der Waals surface area contributed by atoms with Crippen LogP contribution in [0, 0.1) is 0 Å². The van der Waals surface area contributed by atoms with E-state index in [-0.39, 0.29) is 0 Å². The van der Waals surface area contributed by atoms with E-state index in [2.05, 4.69) is 12.2 Å². The molecule has 2 heteroatoms. The van der Waals surface area contributed by atoms with Gasteiger partial charge in [-0.1, -0.05) is 0 Å². The first-order chi connectivity index (χ1) is 3.84. The zero-order valence-corrected chi connectivity index (χ0v) is 5.48. The fourth-order valence-electron chi connectivity index (χ4n) is 1.16. The minimum Gasteiger partial charge on any atom is -0.380 e. The third kappa shape index (κ3) is 1.01. The molecule has 0 unspecified atom stereocenters. The smallest absolute Gasteiger partial charge is 0.0733 e. The first-order valence-electron chi connectivity index (χ1n) is 3.11. The van der Waals surface area contributed by atoms with Crippen LogP contribution in [0.3, 0.4) is 0 Å². The number of ether oxygens (including phenoxy) is 1. The Labute approximate surface area is 50.2 Å². The third-order valence-corrected chi connectivity index (χ3v) is 1.76. The van der Waals surface area contributed by atoms with Crippen LogP contribution in [-0.2, 0) is 4.74 Å². The minimum absolute atomic E-state index is 0.454. The summed E-state index contributed by atoms with van der Waals surface area (Å²) in [6.07, 6.45) is 1.62. The number of rotatable bonds is 1. The highest BCUT2D eigenvalue weighted by Crippen LogP contribution is 2.08. The highest BCUT2D eigenvalue weighted by atomic mass is 16.5. The monoisotopic (exact) mass is 115 g/mol. The van der Waals surface area contributed by atoms with Gasteiger partial charge in [-0.3, -0.25) is 0 Å². The van der Waals surface area contributed by atoms with Crippen molar-refractivity contribution in [1.82, 2.24) is 5.32 Å². The lowest BCUT2D eigenvalue weighted by Gasteiger charge is -2.11. The molecule has 1 fully saturated rings. The Morgan fingerprint density at radius 3 is 2.62 bits per heavy atom. The second kappa shape index (κ2) is 2.46. The van der Waals surface area contributed by atoms with Gasteiger partial charge in [-0.05, 0) is 19.9 Å². The van der Waals surface area contributed by atoms with Gasteiger partial charge in [0.25, 0.3) is 0 Å². The van der Waals surface area contributed by atoms with Crippen molar-refractivity contribution in [2.24, 2.45) is 0 Å². The molecule has 1 saturated heterocycles. The van der Waals surface area contributed by atoms with Crippen LogP contribution in [0.4, 0.5) is 0 Å². The highest BCUT2D eigenvalue weighted by molar-refractivity contribution is 4.79. The Kier molecular flexibility index (Phi) is 1.86. The molecule has 1 N–H and O–H groups in total. The van der Waals surface area contributed by atoms with Crippen LogP contribution in [0.2, 0.25) is 0 Å². The molecule has 2 atom stereocenters. The van der Waals surface area contributed by atoms with E-state index in [9.17, 15) is 0 Å². The Morgan fingerprint density at radius 1 is 1.62 bits per heavy atom. The minimum atomic E-state index is 0.454. The van der Waals surface area contributed by atoms with Crippen molar-refractivity contribution in [2.45, 2.75) is 25.5 Å². The second-order valence-corrected chi connectivity index (χ2v) is 2.31. The van der Waals surface area contributed by atoms with Crippen LogP contribution in [0.1, 0.15) is 13.3 Å². The average molecular weight is 115 g/mol. The van der Waals surface area contributed by atoms with Crippen LogP contribution in [0.15, 0.2) is 0 Å². The van der Waals surface area contributed by atoms with Crippen LogP contribution in [-0.4, -0.2) is 25.8 Å². The van der Waals surface area contributed by atoms with Crippen molar-refractivity contribution in [3.63, 3.8) is 0 Å². The maximum Gasteiger partial charge on any atom is 0.0733 e. The highest BCUT2D eigenvalue weighted by Gasteiger charge is 2.21. The molecule has 0 radical (unpaired) electrons. The Bertz CT molecular complexity index is 74.9. The summed E-state index contributed by atoms with van der Waals surface area (Å²) in [6.45, 7) is 3.26. The van der Waals surface area contributed by atoms with Crippen LogP contribution < -0.4 is 5.32 Å². The Hall–Kier alpha value is -0.0800. The molecule has 0 bridgehead atoms. The van der Waals surface area contributed by atoms with Gasteiger partial charge in [0.15, 0.2) is 0 Å². The fraction of sp³-hybridized carbons (Fsp3) is 1.00. The lowest BCUT2D eigenvalue weighted by Crippen LogP contribution is -2.27. The van der Waals surface area contributed by atoms with Crippen LogP contribution >= 0.6 is 0 Å². The van der Waals surface area contributed by atoms with E-state index in [0.29, 0.717) is 12.1 Å². The predicted molar refractivity (Wildman–Crippen MR) is 32.9 cm³/mol. The molecule has 0 aliphatic carbocycles. The summed E-state index contributed by atoms with van der Waals surface area (Å²) in [4.78, 5) is 0. The first-order valence-corrected chi connectivity index (χ1v) is 3.11. The van der Waals surface area contributed by atoms with E-state index >= 15 is 0 Å². The topological polar surface area (TPSA) is 21.3 Å². The quantitative estimate of drug-likeness (QED) is 0.533. The maximum atomic E-state index is 5.16. The summed E-state index contributed by atoms with van der Waals surface area (Å²) >= 11 is 0. The number of methoxy groups -OCH3 is 1. The van der Waals surface area contributed by atoms with Crippen molar-refractivity contribution < 1.29 is 4.74 Å². The van der Waals surface area contributed by atoms with E-state index in [1.54, 1.807) is 7.11 Å². The van der Waals surface area contributed by atoms with Crippen LogP contribution in [0.5, 0.6) is 0 Å². The summed E-state index contributed by atoms with van der Waals surface area (Å²) in [5.74, 6) is 0. The van der Waals surface area contributed by atoms with E-state index in [0.717, 1.165) is 13.0 Å². The zero-order chi connectivity index (χ0) is 5.98. The summed E-state index contributed by atoms with van der Waals surface area (Å²) in [5.41, 5.74) is 0. The van der Waals surface area contributed by atoms with Gasteiger partial charge in [0, 0.05) is 13.2 Å². The third-order valence-electron chi connectivity index (χ3n) is 1.76. The van der Waals surface area contributed by atoms with E-state index in [1.807, 2.05) is 0 Å². The van der Waals surface area contributed by atoms with Gasteiger partial charge in [0.1, 0.15) is 0 Å². The summed E-state index contributed by atoms with van der Waals surface area (Å²) in [7, 11) is 1.77. The molecule has 1 rings (SSSR count). The molecule has 1 aliphatic rings. The van der Waals surface area contributed by atoms with E-state index < -0.39 is 0 Å². The number of nitrogens with one attached hydrogen (secondary N) is 1. The van der Waals surface area contributed by atoms with Gasteiger partial charge in [-0.25, -0.2) is 0 Å². The largest absolute Gasteiger partial charge is 0.380 e. The summed E-state index contributed by atoms with van der Waals surface area (Å²) < 4.78 is 5.16. The van der Waals surface area contributed by atoms with Gasteiger partial charge >= 0.3 is 0 Å². The van der Waals surface area contributed by atoms with Gasteiger partial charge in [-0.2, -0.15) is 0 Å². The number of hydrogen-bond acceptors (Lipinski definition) is 2. The van der Waals surface area contributed by atoms with Crippen molar-refractivity contribution in [3.8, 4) is 0 Å². The van der Waals surface area contributed by atoms with Crippen molar-refractivity contribution in [1.29, 1.82) is 0 Å². The zero-order valence-electron chi connectivity index (χ0n) is 5.48. The molecule has 0 saturated carbocycles. The van der Waals surface area contributed by atoms with Gasteiger partial charge in [0.2, 0.25) is 0 Å². The maximum absolute atomic E-state index is 5.16. The summed E-state index contributed by atoms with van der Waals surface area (Å²) in [5, 5.41) is 3.30. The molecular weight excluding hydrogens is 102 g/mol. The molecule has 2 nitrogen and oxygen atoms in total. The molecule has 0 aromatic rings. The standard InChI is InChI=1S/C6H13NO/c1-5-6(8-2)3-4-7-5/h5-7H,3-4H2,1-2H3/t5-,6+/m1/s1. The lowest BCUT2D eigenvalue weighted by molar-refractivity contribution is 0.0968. The summed E-state index contributed by atoms with van der Waals surface area (Å²) in [6, 6.07) is 0.556. The van der Waals surface area contributed by atoms with Crippen LogP contribution in [0.25, 0.3) is 0 Å². The van der Waals surface area contributed by atoms with E-state index in [4.69, 9.17) is 4.74 Å². The molecule has 8 heavy (non-hydrogen) atoms. The molecule has 48 valence electrons. The van der Waals surface area contributed by atoms with Gasteiger partial charge < -0.3 is 10.1 Å². The lowest BCUT2D eigenvalue weighted by atomic mass is 10.2. The second-order valence-electron chi connectivity index (χ2n) is 2.31. The van der Waals surface area contributed by atoms with Crippen molar-refractivity contribution in [2.75, 3.05) is 13.7 Å². The Morgan fingerprint density at radius 2 is 2.38 bits per heavy atom. The van der Waals surface area contributed by atoms with Crippen molar-refractivity contribution >= 4 is 0 Å². The molecule has 0 spiro atoms. The predicted octanol–water partition coefficient (Wildman–Crippen LogP) is 0.383. The fourth-order valence-corrected chi connectivity index (χ4v) is 1.16. The van der Waals surface area contributed by atoms with Crippen molar-refractivity contribution in [3.05, 3.63) is 0 Å². The Balaban J connectivity index is 2.30. The van der Waals surface area contributed by atoms with Gasteiger partial charge in [0.05, 0.1) is 6.10 Å². The molecule has 1 aliphatic heterocycles. The first kappa shape index (κ1) is 6.05. The van der Waals surface area contributed by atoms with Gasteiger partial charge in [-0.15, -0.1) is 0 Å². The normalized spacial score (nSPS) is 38.2. The molecule has 1 heterocycles. The SMILES string of the molecule is CO[C@H]1CCN[C@@H]1C. The molecule has 0 amide bonds.